The lowest BCUT2D eigenvalue weighted by molar-refractivity contribution is -0.118. The molecule has 5 heteroatoms. The predicted octanol–water partition coefficient (Wildman–Crippen LogP) is 2.35. The number of carbonyl (C=O) groups is 1. The molecule has 1 fully saturated rings. The fourth-order valence-electron chi connectivity index (χ4n) is 2.62. The number of rotatable bonds is 5. The largest absolute Gasteiger partial charge is 0.325 e. The topological polar surface area (TPSA) is 44.4 Å². The van der Waals surface area contributed by atoms with E-state index in [9.17, 15) is 4.79 Å². The van der Waals surface area contributed by atoms with Crippen LogP contribution in [0.15, 0.2) is 24.3 Å². The molecule has 0 atom stereocenters. The molecule has 2 rings (SSSR count). The Balaban J connectivity index is 1.88. The summed E-state index contributed by atoms with van der Waals surface area (Å²) in [5.41, 5.74) is 0.754. The van der Waals surface area contributed by atoms with Crippen LogP contribution in [0.4, 0.5) is 5.69 Å². The molecule has 1 heterocycles. The first-order valence-electron chi connectivity index (χ1n) is 7.19. The average Bonchev–Trinajstić information content (AvgIpc) is 2.45. The summed E-state index contributed by atoms with van der Waals surface area (Å²) in [5.74, 6) is 0.0210. The van der Waals surface area contributed by atoms with Crippen LogP contribution < -0.4 is 10.6 Å². The zero-order valence-corrected chi connectivity index (χ0v) is 12.6. The van der Waals surface area contributed by atoms with Crippen LogP contribution in [0.2, 0.25) is 5.02 Å². The number of hydrogen-bond acceptors (Lipinski definition) is 3. The van der Waals surface area contributed by atoms with Crippen molar-refractivity contribution in [3.63, 3.8) is 0 Å². The molecular formula is C15H22ClN3O. The Labute approximate surface area is 125 Å². The highest BCUT2D eigenvalue weighted by Gasteiger charge is 2.21. The van der Waals surface area contributed by atoms with E-state index in [2.05, 4.69) is 22.5 Å². The minimum atomic E-state index is 0.0210. The highest BCUT2D eigenvalue weighted by molar-refractivity contribution is 6.30. The van der Waals surface area contributed by atoms with Gasteiger partial charge in [0.05, 0.1) is 6.54 Å². The van der Waals surface area contributed by atoms with Gasteiger partial charge in [-0.2, -0.15) is 0 Å². The van der Waals surface area contributed by atoms with E-state index in [0.29, 0.717) is 17.6 Å². The van der Waals surface area contributed by atoms with Crippen molar-refractivity contribution in [1.29, 1.82) is 0 Å². The molecule has 1 aromatic rings. The van der Waals surface area contributed by atoms with E-state index in [1.165, 1.54) is 0 Å². The summed E-state index contributed by atoms with van der Waals surface area (Å²) in [6.45, 7) is 5.52. The Hall–Kier alpha value is -1.10. The normalized spacial score (nSPS) is 16.4. The number of amides is 1. The molecule has 20 heavy (non-hydrogen) atoms. The fourth-order valence-corrected chi connectivity index (χ4v) is 2.81. The van der Waals surface area contributed by atoms with E-state index in [1.54, 1.807) is 12.1 Å². The van der Waals surface area contributed by atoms with Gasteiger partial charge in [0.1, 0.15) is 0 Å². The Kier molecular flexibility index (Phi) is 5.83. The van der Waals surface area contributed by atoms with E-state index < -0.39 is 0 Å². The quantitative estimate of drug-likeness (QED) is 0.876. The second-order valence-electron chi connectivity index (χ2n) is 5.10. The summed E-state index contributed by atoms with van der Waals surface area (Å²) in [6, 6.07) is 7.75. The van der Waals surface area contributed by atoms with Gasteiger partial charge in [0, 0.05) is 16.8 Å². The van der Waals surface area contributed by atoms with Gasteiger partial charge in [-0.25, -0.2) is 0 Å². The monoisotopic (exact) mass is 295 g/mol. The van der Waals surface area contributed by atoms with Crippen LogP contribution in [-0.2, 0) is 4.79 Å². The van der Waals surface area contributed by atoms with Crippen molar-refractivity contribution in [2.45, 2.75) is 25.8 Å². The van der Waals surface area contributed by atoms with Crippen LogP contribution >= 0.6 is 11.6 Å². The molecule has 0 bridgehead atoms. The summed E-state index contributed by atoms with van der Waals surface area (Å²) in [4.78, 5) is 14.4. The van der Waals surface area contributed by atoms with E-state index in [-0.39, 0.29) is 5.91 Å². The van der Waals surface area contributed by atoms with Gasteiger partial charge in [-0.05, 0) is 50.7 Å². The van der Waals surface area contributed by atoms with Gasteiger partial charge in [-0.15, -0.1) is 0 Å². The van der Waals surface area contributed by atoms with Gasteiger partial charge in [-0.1, -0.05) is 24.6 Å². The maximum Gasteiger partial charge on any atom is 0.238 e. The second-order valence-corrected chi connectivity index (χ2v) is 5.54. The van der Waals surface area contributed by atoms with E-state index in [4.69, 9.17) is 11.6 Å². The zero-order valence-electron chi connectivity index (χ0n) is 11.9. The Bertz CT molecular complexity index is 446. The van der Waals surface area contributed by atoms with E-state index >= 15 is 0 Å². The molecule has 1 aliphatic heterocycles. The van der Waals surface area contributed by atoms with Crippen molar-refractivity contribution in [2.24, 2.45) is 0 Å². The van der Waals surface area contributed by atoms with Crippen LogP contribution in [0, 0.1) is 0 Å². The van der Waals surface area contributed by atoms with Gasteiger partial charge in [0.15, 0.2) is 0 Å². The summed E-state index contributed by atoms with van der Waals surface area (Å²) in [6.07, 6.45) is 2.22. The van der Waals surface area contributed by atoms with Crippen molar-refractivity contribution >= 4 is 23.2 Å². The lowest BCUT2D eigenvalue weighted by atomic mass is 10.0. The summed E-state index contributed by atoms with van der Waals surface area (Å²) in [7, 11) is 0. The van der Waals surface area contributed by atoms with Gasteiger partial charge in [0.2, 0.25) is 5.91 Å². The molecule has 2 N–H and O–H groups in total. The number of likely N-dealkylation sites (N-methyl/N-ethyl adjacent to an activating group) is 1. The predicted molar refractivity (Wildman–Crippen MR) is 83.2 cm³/mol. The average molecular weight is 296 g/mol. The molecule has 1 saturated heterocycles. The van der Waals surface area contributed by atoms with Crippen LogP contribution in [0.5, 0.6) is 0 Å². The number of piperidine rings is 1. The van der Waals surface area contributed by atoms with E-state index in [1.807, 2.05) is 12.1 Å². The number of halogens is 1. The van der Waals surface area contributed by atoms with Crippen LogP contribution in [0.3, 0.4) is 0 Å². The number of nitrogens with zero attached hydrogens (tertiary/aromatic N) is 1. The summed E-state index contributed by atoms with van der Waals surface area (Å²) >= 11 is 5.91. The molecule has 0 aliphatic carbocycles. The molecule has 0 unspecified atom stereocenters. The van der Waals surface area contributed by atoms with Crippen LogP contribution in [-0.4, -0.2) is 43.0 Å². The van der Waals surface area contributed by atoms with Gasteiger partial charge >= 0.3 is 0 Å². The third-order valence-corrected chi connectivity index (χ3v) is 3.92. The van der Waals surface area contributed by atoms with Crippen molar-refractivity contribution in [1.82, 2.24) is 10.2 Å². The number of nitrogens with one attached hydrogen (secondary N) is 2. The molecule has 110 valence electrons. The number of hydrogen-bond donors (Lipinski definition) is 2. The molecular weight excluding hydrogens is 274 g/mol. The maximum absolute atomic E-state index is 12.1. The lowest BCUT2D eigenvalue weighted by Crippen LogP contribution is -2.46. The van der Waals surface area contributed by atoms with Gasteiger partial charge < -0.3 is 10.6 Å². The Morgan fingerprint density at radius 1 is 1.45 bits per heavy atom. The first-order chi connectivity index (χ1) is 9.69. The van der Waals surface area contributed by atoms with Crippen molar-refractivity contribution in [3.05, 3.63) is 29.3 Å². The minimum absolute atomic E-state index is 0.0210. The van der Waals surface area contributed by atoms with E-state index in [0.717, 1.165) is 38.2 Å². The fraction of sp³-hybridized carbons (Fsp3) is 0.533. The van der Waals surface area contributed by atoms with Crippen molar-refractivity contribution in [3.8, 4) is 0 Å². The molecule has 4 nitrogen and oxygen atoms in total. The highest BCUT2D eigenvalue weighted by Crippen LogP contribution is 2.15. The first kappa shape index (κ1) is 15.3. The Morgan fingerprint density at radius 2 is 2.20 bits per heavy atom. The number of anilines is 1. The number of benzene rings is 1. The third kappa shape index (κ3) is 4.47. The molecule has 0 saturated carbocycles. The Morgan fingerprint density at radius 3 is 2.85 bits per heavy atom. The van der Waals surface area contributed by atoms with Crippen molar-refractivity contribution in [2.75, 3.05) is 31.5 Å². The molecule has 1 aliphatic rings. The van der Waals surface area contributed by atoms with Crippen LogP contribution in [0.25, 0.3) is 0 Å². The molecule has 1 amide bonds. The minimum Gasteiger partial charge on any atom is -0.325 e. The third-order valence-electron chi connectivity index (χ3n) is 3.69. The first-order valence-corrected chi connectivity index (χ1v) is 7.57. The standard InChI is InChI=1S/C15H22ClN3O/c1-2-19(14-6-8-17-9-7-14)11-15(20)18-13-5-3-4-12(16)10-13/h3-5,10,14,17H,2,6-9,11H2,1H3,(H,18,20). The molecule has 0 radical (unpaired) electrons. The lowest BCUT2D eigenvalue weighted by Gasteiger charge is -2.33. The maximum atomic E-state index is 12.1. The van der Waals surface area contributed by atoms with Crippen molar-refractivity contribution < 1.29 is 4.79 Å². The summed E-state index contributed by atoms with van der Waals surface area (Å²) in [5, 5.41) is 6.89. The van der Waals surface area contributed by atoms with Crippen LogP contribution in [0.1, 0.15) is 19.8 Å². The molecule has 0 spiro atoms. The highest BCUT2D eigenvalue weighted by atomic mass is 35.5. The van der Waals surface area contributed by atoms with Gasteiger partial charge in [0.25, 0.3) is 0 Å². The molecule has 1 aromatic carbocycles. The SMILES string of the molecule is CCN(CC(=O)Nc1cccc(Cl)c1)C1CCNCC1. The number of carbonyl (C=O) groups excluding carboxylic acids is 1. The summed E-state index contributed by atoms with van der Waals surface area (Å²) < 4.78 is 0. The van der Waals surface area contributed by atoms with Gasteiger partial charge in [-0.3, -0.25) is 9.69 Å². The second kappa shape index (κ2) is 7.62. The smallest absolute Gasteiger partial charge is 0.238 e. The molecule has 0 aromatic heterocycles. The zero-order chi connectivity index (χ0) is 14.4.